The second-order valence-electron chi connectivity index (χ2n) is 10.1. The van der Waals surface area contributed by atoms with E-state index in [-0.39, 0.29) is 34.5 Å². The third kappa shape index (κ3) is 5.30. The monoisotopic (exact) mass is 539 g/mol. The molecule has 0 aliphatic carbocycles. The van der Waals surface area contributed by atoms with Crippen LogP contribution in [0.15, 0.2) is 40.9 Å². The zero-order valence-electron chi connectivity index (χ0n) is 19.6. The summed E-state index contributed by atoms with van der Waals surface area (Å²) in [4.78, 5) is 15.5. The molecule has 1 aliphatic rings. The molecule has 0 N–H and O–H groups in total. The quantitative estimate of drug-likeness (QED) is 0.372. The Labute approximate surface area is 205 Å². The first-order chi connectivity index (χ1) is 14.8. The van der Waals surface area contributed by atoms with E-state index >= 15 is 0 Å². The number of hydrogen-bond donors (Lipinski definition) is 0. The molecule has 0 saturated heterocycles. The molecule has 2 aromatic carbocycles. The minimum absolute atomic E-state index is 0.0273. The van der Waals surface area contributed by atoms with Crippen LogP contribution in [0.4, 0.5) is 4.39 Å². The number of rotatable bonds is 5. The number of carbonyl (C=O) groups is 1. The van der Waals surface area contributed by atoms with Gasteiger partial charge in [0.05, 0.1) is 25.1 Å². The van der Waals surface area contributed by atoms with Crippen LogP contribution in [0.25, 0.3) is 0 Å². The molecular formula is C25H32BrClFNO2Si. The fraction of sp³-hybridized carbons (Fsp3) is 0.480. The average molecular weight is 541 g/mol. The van der Waals surface area contributed by atoms with E-state index in [2.05, 4.69) is 62.8 Å². The third-order valence-electron chi connectivity index (χ3n) is 6.94. The van der Waals surface area contributed by atoms with Crippen LogP contribution in [-0.4, -0.2) is 31.8 Å². The third-order valence-corrected chi connectivity index (χ3v) is 12.5. The highest BCUT2D eigenvalue weighted by Crippen LogP contribution is 2.40. The lowest BCUT2D eigenvalue weighted by Gasteiger charge is -2.44. The van der Waals surface area contributed by atoms with Crippen molar-refractivity contribution in [3.8, 4) is 0 Å². The van der Waals surface area contributed by atoms with Crippen LogP contribution >= 0.6 is 27.5 Å². The Kier molecular flexibility index (Phi) is 7.60. The largest absolute Gasteiger partial charge is 0.415 e. The van der Waals surface area contributed by atoms with Gasteiger partial charge >= 0.3 is 0 Å². The van der Waals surface area contributed by atoms with Gasteiger partial charge in [-0.3, -0.25) is 4.79 Å². The van der Waals surface area contributed by atoms with Crippen molar-refractivity contribution in [2.24, 2.45) is 0 Å². The van der Waals surface area contributed by atoms with Crippen LogP contribution in [0.1, 0.15) is 50.4 Å². The van der Waals surface area contributed by atoms with Gasteiger partial charge in [0.15, 0.2) is 8.32 Å². The summed E-state index contributed by atoms with van der Waals surface area (Å²) in [5, 5.41) is 0.364. The summed E-state index contributed by atoms with van der Waals surface area (Å²) >= 11 is 9.92. The number of fused-ring (bicyclic) bond motifs is 1. The first-order valence-electron chi connectivity index (χ1n) is 11.0. The van der Waals surface area contributed by atoms with E-state index in [0.29, 0.717) is 12.2 Å². The molecule has 3 rings (SSSR count). The van der Waals surface area contributed by atoms with Crippen LogP contribution in [0.3, 0.4) is 0 Å². The molecule has 1 aliphatic heterocycles. The number of carbonyl (C=O) groups excluding carboxylic acids is 1. The predicted molar refractivity (Wildman–Crippen MR) is 135 cm³/mol. The van der Waals surface area contributed by atoms with Crippen LogP contribution in [0.5, 0.6) is 0 Å². The molecule has 0 spiro atoms. The maximum Gasteiger partial charge on any atom is 0.227 e. The lowest BCUT2D eigenvalue weighted by atomic mass is 9.88. The fourth-order valence-corrected chi connectivity index (χ4v) is 5.80. The number of halogens is 3. The predicted octanol–water partition coefficient (Wildman–Crippen LogP) is 7.32. The number of hydrogen-bond acceptors (Lipinski definition) is 2. The summed E-state index contributed by atoms with van der Waals surface area (Å²) in [5.41, 5.74) is 3.00. The molecule has 7 heteroatoms. The van der Waals surface area contributed by atoms with Gasteiger partial charge in [-0.15, -0.1) is 0 Å². The SMILES string of the molecule is C[C@H]1c2cccc(Br)c2C[C@H](CO[Si](C)(C)C(C)(C)C)N1C(=O)Cc1ccc(F)cc1Cl. The standard InChI is InChI=1S/C25H32BrClFNO2Si/c1-16-20-8-7-9-22(26)21(20)14-19(15-31-32(5,6)25(2,3)4)29(16)24(30)12-17-10-11-18(28)13-23(17)27/h7-11,13,16,19H,12,14-15H2,1-6H3/t16-,19+/m0/s1. The van der Waals surface area contributed by atoms with Crippen molar-refractivity contribution >= 4 is 41.8 Å². The molecule has 2 aromatic rings. The van der Waals surface area contributed by atoms with E-state index in [9.17, 15) is 9.18 Å². The van der Waals surface area contributed by atoms with Gasteiger partial charge in [0.1, 0.15) is 5.82 Å². The lowest BCUT2D eigenvalue weighted by molar-refractivity contribution is -0.137. The highest BCUT2D eigenvalue weighted by Gasteiger charge is 2.41. The smallest absolute Gasteiger partial charge is 0.227 e. The molecule has 3 nitrogen and oxygen atoms in total. The Morgan fingerprint density at radius 3 is 2.59 bits per heavy atom. The van der Waals surface area contributed by atoms with Crippen LogP contribution < -0.4 is 0 Å². The molecule has 0 fully saturated rings. The summed E-state index contributed by atoms with van der Waals surface area (Å²) in [6.07, 6.45) is 0.849. The second kappa shape index (κ2) is 9.57. The normalized spacial score (nSPS) is 19.1. The van der Waals surface area contributed by atoms with Crippen molar-refractivity contribution in [3.63, 3.8) is 0 Å². The Morgan fingerprint density at radius 2 is 1.97 bits per heavy atom. The molecule has 0 aromatic heterocycles. The summed E-state index contributed by atoms with van der Waals surface area (Å²) in [6, 6.07) is 10.1. The Hall–Kier alpha value is -1.21. The van der Waals surface area contributed by atoms with Gasteiger partial charge in [0, 0.05) is 9.50 Å². The lowest BCUT2D eigenvalue weighted by Crippen LogP contribution is -2.52. The van der Waals surface area contributed by atoms with E-state index in [1.165, 1.54) is 17.7 Å². The van der Waals surface area contributed by atoms with Gasteiger partial charge in [-0.2, -0.15) is 0 Å². The van der Waals surface area contributed by atoms with E-state index in [1.807, 2.05) is 17.0 Å². The van der Waals surface area contributed by atoms with Crippen LogP contribution in [-0.2, 0) is 22.1 Å². The first kappa shape index (κ1) is 25.4. The van der Waals surface area contributed by atoms with Crippen molar-refractivity contribution < 1.29 is 13.6 Å². The topological polar surface area (TPSA) is 29.5 Å². The number of amides is 1. The van der Waals surface area contributed by atoms with E-state index in [4.69, 9.17) is 16.0 Å². The van der Waals surface area contributed by atoms with Gasteiger partial charge in [-0.25, -0.2) is 4.39 Å². The maximum atomic E-state index is 13.6. The maximum absolute atomic E-state index is 13.6. The number of benzene rings is 2. The van der Waals surface area contributed by atoms with Crippen molar-refractivity contribution in [1.29, 1.82) is 0 Å². The van der Waals surface area contributed by atoms with Gasteiger partial charge in [0.2, 0.25) is 5.91 Å². The van der Waals surface area contributed by atoms with Gasteiger partial charge in [-0.05, 0) is 66.4 Å². The van der Waals surface area contributed by atoms with E-state index in [1.54, 1.807) is 6.07 Å². The minimum atomic E-state index is -1.98. The molecular weight excluding hydrogens is 509 g/mol. The molecule has 0 unspecified atom stereocenters. The average Bonchev–Trinajstić information content (AvgIpc) is 2.68. The molecule has 174 valence electrons. The minimum Gasteiger partial charge on any atom is -0.415 e. The summed E-state index contributed by atoms with van der Waals surface area (Å²) in [6.45, 7) is 13.7. The Balaban J connectivity index is 1.92. The Bertz CT molecular complexity index is 1010. The van der Waals surface area contributed by atoms with Gasteiger partial charge < -0.3 is 9.33 Å². The van der Waals surface area contributed by atoms with Crippen LogP contribution in [0, 0.1) is 5.82 Å². The molecule has 2 atom stereocenters. The molecule has 1 heterocycles. The van der Waals surface area contributed by atoms with E-state index in [0.717, 1.165) is 16.5 Å². The zero-order chi connectivity index (χ0) is 23.8. The first-order valence-corrected chi connectivity index (χ1v) is 15.1. The van der Waals surface area contributed by atoms with Crippen molar-refractivity contribution in [2.45, 2.75) is 70.8 Å². The molecule has 1 amide bonds. The summed E-state index contributed by atoms with van der Waals surface area (Å²) in [7, 11) is -1.98. The second-order valence-corrected chi connectivity index (χ2v) is 16.2. The molecule has 0 saturated carbocycles. The highest BCUT2D eigenvalue weighted by molar-refractivity contribution is 9.10. The summed E-state index contributed by atoms with van der Waals surface area (Å²) < 4.78 is 21.1. The van der Waals surface area contributed by atoms with Crippen LogP contribution in [0.2, 0.25) is 23.2 Å². The van der Waals surface area contributed by atoms with E-state index < -0.39 is 14.1 Å². The molecule has 0 radical (unpaired) electrons. The number of nitrogens with zero attached hydrogens (tertiary/aromatic N) is 1. The van der Waals surface area contributed by atoms with Crippen molar-refractivity contribution in [2.75, 3.05) is 6.61 Å². The summed E-state index contributed by atoms with van der Waals surface area (Å²) in [5.74, 6) is -0.433. The molecule has 0 bridgehead atoms. The Morgan fingerprint density at radius 1 is 1.28 bits per heavy atom. The van der Waals surface area contributed by atoms with Gasteiger partial charge in [-0.1, -0.05) is 66.5 Å². The highest BCUT2D eigenvalue weighted by atomic mass is 79.9. The van der Waals surface area contributed by atoms with Crippen molar-refractivity contribution in [1.82, 2.24) is 4.90 Å². The fourth-order valence-electron chi connectivity index (χ4n) is 3.98. The van der Waals surface area contributed by atoms with Gasteiger partial charge in [0.25, 0.3) is 0 Å². The zero-order valence-corrected chi connectivity index (χ0v) is 23.0. The molecule has 32 heavy (non-hydrogen) atoms. The van der Waals surface area contributed by atoms with Crippen molar-refractivity contribution in [3.05, 3.63) is 68.4 Å².